The smallest absolute Gasteiger partial charge is 0.407 e. The summed E-state index contributed by atoms with van der Waals surface area (Å²) in [5.74, 6) is 1.10. The number of alkyl carbamates (subject to hydrolysis) is 1. The normalized spacial score (nSPS) is 12.7. The van der Waals surface area contributed by atoms with E-state index in [-0.39, 0.29) is 5.92 Å². The number of carbonyl (C=O) groups is 1. The van der Waals surface area contributed by atoms with E-state index in [1.807, 2.05) is 47.0 Å². The molecule has 0 radical (unpaired) electrons. The zero-order valence-corrected chi connectivity index (χ0v) is 15.5. The van der Waals surface area contributed by atoms with Gasteiger partial charge in [0, 0.05) is 31.3 Å². The van der Waals surface area contributed by atoms with Gasteiger partial charge < -0.3 is 14.6 Å². The third-order valence-corrected chi connectivity index (χ3v) is 3.44. The predicted octanol–water partition coefficient (Wildman–Crippen LogP) is 3.19. The van der Waals surface area contributed by atoms with Gasteiger partial charge in [-0.3, -0.25) is 4.98 Å². The first-order valence-electron chi connectivity index (χ1n) is 8.43. The largest absolute Gasteiger partial charge is 0.444 e. The van der Waals surface area contributed by atoms with E-state index >= 15 is 0 Å². The summed E-state index contributed by atoms with van der Waals surface area (Å²) in [6.07, 6.45) is 4.67. The van der Waals surface area contributed by atoms with Crippen molar-refractivity contribution in [2.45, 2.75) is 59.0 Å². The van der Waals surface area contributed by atoms with E-state index < -0.39 is 11.7 Å². The molecule has 0 aromatic carbocycles. The van der Waals surface area contributed by atoms with Crippen LogP contribution in [0, 0.1) is 6.92 Å². The Morgan fingerprint density at radius 2 is 2.08 bits per heavy atom. The van der Waals surface area contributed by atoms with Gasteiger partial charge in [-0.05, 0) is 45.2 Å². The van der Waals surface area contributed by atoms with Crippen LogP contribution in [0.2, 0.25) is 0 Å². The molecule has 0 aliphatic carbocycles. The van der Waals surface area contributed by atoms with Crippen LogP contribution in [0.3, 0.4) is 0 Å². The predicted molar refractivity (Wildman–Crippen MR) is 93.3 cm³/mol. The molecular formula is C18H26N4O3. The van der Waals surface area contributed by atoms with E-state index in [9.17, 15) is 4.79 Å². The monoisotopic (exact) mass is 346 g/mol. The summed E-state index contributed by atoms with van der Waals surface area (Å²) < 4.78 is 10.5. The molecule has 25 heavy (non-hydrogen) atoms. The fraction of sp³-hybridized carbons (Fsp3) is 0.556. The third kappa shape index (κ3) is 6.52. The molecule has 1 amide bonds. The molecule has 2 heterocycles. The highest BCUT2D eigenvalue weighted by atomic mass is 16.6. The number of aryl methyl sites for hydroxylation is 3. The molecule has 0 spiro atoms. The number of nitrogens with zero attached hydrogens (tertiary/aromatic N) is 3. The summed E-state index contributed by atoms with van der Waals surface area (Å²) in [6, 6.07) is 2.09. The molecule has 1 atom stereocenters. The Bertz CT molecular complexity index is 706. The number of amides is 1. The molecule has 0 saturated heterocycles. The van der Waals surface area contributed by atoms with Gasteiger partial charge in [0.15, 0.2) is 5.82 Å². The van der Waals surface area contributed by atoms with E-state index in [1.54, 1.807) is 0 Å². The third-order valence-electron chi connectivity index (χ3n) is 3.44. The number of nitrogens with one attached hydrogen (secondary N) is 1. The van der Waals surface area contributed by atoms with Gasteiger partial charge in [-0.1, -0.05) is 18.1 Å². The second-order valence-electron chi connectivity index (χ2n) is 7.20. The fourth-order valence-electron chi connectivity index (χ4n) is 2.22. The average molecular weight is 346 g/mol. The van der Waals surface area contributed by atoms with Crippen LogP contribution in [0.4, 0.5) is 4.79 Å². The van der Waals surface area contributed by atoms with Gasteiger partial charge in [-0.15, -0.1) is 0 Å². The van der Waals surface area contributed by atoms with Gasteiger partial charge in [0.25, 0.3) is 0 Å². The molecule has 7 nitrogen and oxygen atoms in total. The molecule has 136 valence electrons. The number of ether oxygens (including phenoxy) is 1. The summed E-state index contributed by atoms with van der Waals surface area (Å²) in [4.78, 5) is 20.3. The quantitative estimate of drug-likeness (QED) is 0.864. The van der Waals surface area contributed by atoms with Crippen molar-refractivity contribution in [1.29, 1.82) is 0 Å². The van der Waals surface area contributed by atoms with Crippen LogP contribution in [0.5, 0.6) is 0 Å². The Kier molecular flexibility index (Phi) is 6.12. The second kappa shape index (κ2) is 8.09. The van der Waals surface area contributed by atoms with Crippen molar-refractivity contribution in [2.24, 2.45) is 0 Å². The molecular weight excluding hydrogens is 320 g/mol. The summed E-state index contributed by atoms with van der Waals surface area (Å²) >= 11 is 0. The number of carbonyl (C=O) groups excluding carboxylic acids is 1. The van der Waals surface area contributed by atoms with Crippen LogP contribution in [-0.4, -0.2) is 33.4 Å². The van der Waals surface area contributed by atoms with E-state index in [0.29, 0.717) is 24.7 Å². The Hall–Kier alpha value is -2.44. The maximum Gasteiger partial charge on any atom is 0.407 e. The summed E-state index contributed by atoms with van der Waals surface area (Å²) in [5.41, 5.74) is 1.75. The van der Waals surface area contributed by atoms with Crippen LogP contribution < -0.4 is 5.32 Å². The van der Waals surface area contributed by atoms with Gasteiger partial charge in [0.2, 0.25) is 5.89 Å². The zero-order chi connectivity index (χ0) is 18.4. The lowest BCUT2D eigenvalue weighted by atomic mass is 10.1. The highest BCUT2D eigenvalue weighted by molar-refractivity contribution is 5.67. The number of hydrogen-bond acceptors (Lipinski definition) is 6. The lowest BCUT2D eigenvalue weighted by molar-refractivity contribution is 0.0524. The van der Waals surface area contributed by atoms with Crippen molar-refractivity contribution < 1.29 is 14.1 Å². The number of hydrogen-bond donors (Lipinski definition) is 1. The second-order valence-corrected chi connectivity index (χ2v) is 7.20. The average Bonchev–Trinajstić information content (AvgIpc) is 2.98. The van der Waals surface area contributed by atoms with E-state index in [0.717, 1.165) is 17.5 Å². The van der Waals surface area contributed by atoms with E-state index in [4.69, 9.17) is 9.26 Å². The van der Waals surface area contributed by atoms with Gasteiger partial charge in [-0.2, -0.15) is 4.98 Å². The minimum atomic E-state index is -0.517. The van der Waals surface area contributed by atoms with Gasteiger partial charge in [-0.25, -0.2) is 4.79 Å². The Morgan fingerprint density at radius 1 is 1.32 bits per heavy atom. The first-order chi connectivity index (χ1) is 11.7. The minimum Gasteiger partial charge on any atom is -0.444 e. The van der Waals surface area contributed by atoms with Crippen LogP contribution in [-0.2, 0) is 17.6 Å². The van der Waals surface area contributed by atoms with Crippen LogP contribution >= 0.6 is 0 Å². The molecule has 0 aliphatic heterocycles. The fourth-order valence-corrected chi connectivity index (χ4v) is 2.22. The lowest BCUT2D eigenvalue weighted by Crippen LogP contribution is -2.34. The van der Waals surface area contributed by atoms with Crippen LogP contribution in [0.1, 0.15) is 56.5 Å². The summed E-state index contributed by atoms with van der Waals surface area (Å²) in [5, 5.41) is 6.72. The van der Waals surface area contributed by atoms with Crippen molar-refractivity contribution in [2.75, 3.05) is 6.54 Å². The molecule has 7 heteroatoms. The topological polar surface area (TPSA) is 90.1 Å². The molecule has 2 aromatic rings. The lowest BCUT2D eigenvalue weighted by Gasteiger charge is -2.20. The molecule has 0 saturated carbocycles. The summed E-state index contributed by atoms with van der Waals surface area (Å²) in [7, 11) is 0. The highest BCUT2D eigenvalue weighted by Gasteiger charge is 2.19. The first kappa shape index (κ1) is 18.9. The number of pyridine rings is 1. The van der Waals surface area contributed by atoms with E-state index in [2.05, 4.69) is 26.5 Å². The molecule has 1 N–H and O–H groups in total. The Labute approximate surface area is 148 Å². The minimum absolute atomic E-state index is 0.0642. The van der Waals surface area contributed by atoms with E-state index in [1.165, 1.54) is 0 Å². The van der Waals surface area contributed by atoms with Gasteiger partial charge in [0.05, 0.1) is 0 Å². The Balaban J connectivity index is 1.82. The molecule has 2 rings (SSSR count). The molecule has 0 fully saturated rings. The highest BCUT2D eigenvalue weighted by Crippen LogP contribution is 2.13. The van der Waals surface area contributed by atoms with Crippen molar-refractivity contribution >= 4 is 6.09 Å². The molecule has 2 aromatic heterocycles. The standard InChI is InChI=1S/C18H26N4O3/c1-12-8-14(11-19-9-12)6-7-15-21-16(22-25-15)13(2)10-20-17(23)24-18(3,4)5/h8-9,11,13H,6-7,10H2,1-5H3,(H,20,23). The van der Waals surface area contributed by atoms with Crippen molar-refractivity contribution in [3.63, 3.8) is 0 Å². The summed E-state index contributed by atoms with van der Waals surface area (Å²) in [6.45, 7) is 9.80. The zero-order valence-electron chi connectivity index (χ0n) is 15.5. The van der Waals surface area contributed by atoms with Crippen molar-refractivity contribution in [3.05, 3.63) is 41.3 Å². The van der Waals surface area contributed by atoms with Crippen LogP contribution in [0.25, 0.3) is 0 Å². The molecule has 0 bridgehead atoms. The van der Waals surface area contributed by atoms with Crippen molar-refractivity contribution in [3.8, 4) is 0 Å². The number of aromatic nitrogens is 3. The Morgan fingerprint density at radius 3 is 2.76 bits per heavy atom. The maximum absolute atomic E-state index is 11.7. The number of rotatable bonds is 6. The SMILES string of the molecule is Cc1cncc(CCc2nc(C(C)CNC(=O)OC(C)(C)C)no2)c1. The first-order valence-corrected chi connectivity index (χ1v) is 8.43. The van der Waals surface area contributed by atoms with Gasteiger partial charge in [0.1, 0.15) is 5.60 Å². The van der Waals surface area contributed by atoms with Gasteiger partial charge >= 0.3 is 6.09 Å². The maximum atomic E-state index is 11.7. The van der Waals surface area contributed by atoms with Crippen LogP contribution in [0.15, 0.2) is 23.0 Å². The molecule has 1 unspecified atom stereocenters. The molecule has 0 aliphatic rings. The van der Waals surface area contributed by atoms with Crippen molar-refractivity contribution in [1.82, 2.24) is 20.4 Å².